The average molecular weight is 291 g/mol. The van der Waals surface area contributed by atoms with Gasteiger partial charge in [0.1, 0.15) is 0 Å². The summed E-state index contributed by atoms with van der Waals surface area (Å²) in [6.45, 7) is 2.00. The highest BCUT2D eigenvalue weighted by Crippen LogP contribution is 2.26. The number of nitrogens with one attached hydrogen (secondary N) is 1. The summed E-state index contributed by atoms with van der Waals surface area (Å²) >= 11 is 0. The maximum absolute atomic E-state index is 11.5. The van der Waals surface area contributed by atoms with E-state index in [1.165, 1.54) is 6.07 Å². The number of benzene rings is 1. The van der Waals surface area contributed by atoms with Crippen LogP contribution in [0.25, 0.3) is 0 Å². The summed E-state index contributed by atoms with van der Waals surface area (Å²) in [6.07, 6.45) is 4.61. The van der Waals surface area contributed by atoms with E-state index in [4.69, 9.17) is 5.73 Å². The van der Waals surface area contributed by atoms with Crippen LogP contribution in [0.15, 0.2) is 47.6 Å². The van der Waals surface area contributed by atoms with Crippen LogP contribution >= 0.6 is 0 Å². The van der Waals surface area contributed by atoms with Crippen LogP contribution in [0.3, 0.4) is 0 Å². The SMILES string of the molecule is CC(Nc1ccc(S(C)(=O)=O)cc1N)c1ccncc1. The number of hydrogen-bond acceptors (Lipinski definition) is 5. The molecular weight excluding hydrogens is 274 g/mol. The fourth-order valence-electron chi connectivity index (χ4n) is 1.87. The molecule has 0 amide bonds. The maximum Gasteiger partial charge on any atom is 0.175 e. The molecule has 1 aromatic heterocycles. The first-order valence-electron chi connectivity index (χ1n) is 6.14. The van der Waals surface area contributed by atoms with E-state index in [1.807, 2.05) is 19.1 Å². The van der Waals surface area contributed by atoms with Gasteiger partial charge in [-0.2, -0.15) is 0 Å². The molecule has 0 saturated carbocycles. The van der Waals surface area contributed by atoms with E-state index in [0.29, 0.717) is 11.4 Å². The summed E-state index contributed by atoms with van der Waals surface area (Å²) in [4.78, 5) is 4.19. The molecule has 0 aliphatic rings. The van der Waals surface area contributed by atoms with Crippen LogP contribution in [0.4, 0.5) is 11.4 Å². The maximum atomic E-state index is 11.5. The normalized spacial score (nSPS) is 12.9. The van der Waals surface area contributed by atoms with Gasteiger partial charge in [0, 0.05) is 24.7 Å². The molecule has 2 aromatic rings. The van der Waals surface area contributed by atoms with Gasteiger partial charge in [0.25, 0.3) is 0 Å². The smallest absolute Gasteiger partial charge is 0.175 e. The van der Waals surface area contributed by atoms with E-state index in [9.17, 15) is 8.42 Å². The minimum atomic E-state index is -3.24. The van der Waals surface area contributed by atoms with Gasteiger partial charge in [-0.25, -0.2) is 8.42 Å². The summed E-state index contributed by atoms with van der Waals surface area (Å²) < 4.78 is 22.9. The molecule has 3 N–H and O–H groups in total. The Hall–Kier alpha value is -2.08. The second-order valence-corrected chi connectivity index (χ2v) is 6.68. The molecule has 0 aliphatic heterocycles. The van der Waals surface area contributed by atoms with E-state index in [-0.39, 0.29) is 10.9 Å². The minimum absolute atomic E-state index is 0.0457. The van der Waals surface area contributed by atoms with Crippen LogP contribution in [-0.2, 0) is 9.84 Å². The molecule has 1 atom stereocenters. The van der Waals surface area contributed by atoms with Crippen molar-refractivity contribution in [1.29, 1.82) is 0 Å². The van der Waals surface area contributed by atoms with Gasteiger partial charge >= 0.3 is 0 Å². The average Bonchev–Trinajstić information content (AvgIpc) is 2.41. The molecule has 0 radical (unpaired) electrons. The van der Waals surface area contributed by atoms with Crippen molar-refractivity contribution in [3.8, 4) is 0 Å². The predicted octanol–water partition coefficient (Wildman–Crippen LogP) is 2.24. The Balaban J connectivity index is 2.23. The number of hydrogen-bond donors (Lipinski definition) is 2. The standard InChI is InChI=1S/C14H17N3O2S/c1-10(11-5-7-16-8-6-11)17-14-4-3-12(9-13(14)15)20(2,18)19/h3-10,17H,15H2,1-2H3. The quantitative estimate of drug-likeness (QED) is 0.844. The monoisotopic (exact) mass is 291 g/mol. The van der Waals surface area contributed by atoms with Gasteiger partial charge in [-0.1, -0.05) is 0 Å². The van der Waals surface area contributed by atoms with Crippen LogP contribution in [0.1, 0.15) is 18.5 Å². The van der Waals surface area contributed by atoms with Crippen molar-refractivity contribution in [2.24, 2.45) is 0 Å². The first-order chi connectivity index (χ1) is 9.38. The summed E-state index contributed by atoms with van der Waals surface area (Å²) in [7, 11) is -3.24. The molecular formula is C14H17N3O2S. The van der Waals surface area contributed by atoms with E-state index >= 15 is 0 Å². The van der Waals surface area contributed by atoms with Crippen molar-refractivity contribution >= 4 is 21.2 Å². The Bertz CT molecular complexity index is 700. The zero-order chi connectivity index (χ0) is 14.8. The van der Waals surface area contributed by atoms with Crippen LogP contribution < -0.4 is 11.1 Å². The van der Waals surface area contributed by atoms with E-state index in [1.54, 1.807) is 24.5 Å². The molecule has 0 spiro atoms. The number of anilines is 2. The molecule has 1 unspecified atom stereocenters. The third-order valence-electron chi connectivity index (χ3n) is 3.03. The zero-order valence-electron chi connectivity index (χ0n) is 11.4. The Morgan fingerprint density at radius 1 is 1.20 bits per heavy atom. The first-order valence-corrected chi connectivity index (χ1v) is 8.03. The topological polar surface area (TPSA) is 85.1 Å². The number of aromatic nitrogens is 1. The van der Waals surface area contributed by atoms with Gasteiger partial charge in [0.2, 0.25) is 0 Å². The van der Waals surface area contributed by atoms with Gasteiger partial charge < -0.3 is 11.1 Å². The number of pyridine rings is 1. The molecule has 2 rings (SSSR count). The summed E-state index contributed by atoms with van der Waals surface area (Å²) in [6, 6.07) is 8.58. The molecule has 1 aromatic carbocycles. The number of rotatable bonds is 4. The highest BCUT2D eigenvalue weighted by molar-refractivity contribution is 7.90. The minimum Gasteiger partial charge on any atom is -0.397 e. The van der Waals surface area contributed by atoms with Crippen molar-refractivity contribution in [3.63, 3.8) is 0 Å². The fourth-order valence-corrected chi connectivity index (χ4v) is 2.53. The van der Waals surface area contributed by atoms with Gasteiger partial charge in [-0.05, 0) is 42.8 Å². The second kappa shape index (κ2) is 5.50. The van der Waals surface area contributed by atoms with Gasteiger partial charge in [0.05, 0.1) is 16.3 Å². The van der Waals surface area contributed by atoms with Crippen LogP contribution in [0.5, 0.6) is 0 Å². The molecule has 6 heteroatoms. The van der Waals surface area contributed by atoms with E-state index < -0.39 is 9.84 Å². The largest absolute Gasteiger partial charge is 0.397 e. The summed E-state index contributed by atoms with van der Waals surface area (Å²) in [5, 5.41) is 3.26. The molecule has 0 fully saturated rings. The van der Waals surface area contributed by atoms with Crippen molar-refractivity contribution in [2.75, 3.05) is 17.3 Å². The fraction of sp³-hybridized carbons (Fsp3) is 0.214. The van der Waals surface area contributed by atoms with Crippen LogP contribution in [-0.4, -0.2) is 19.7 Å². The lowest BCUT2D eigenvalue weighted by atomic mass is 10.1. The lowest BCUT2D eigenvalue weighted by molar-refractivity contribution is 0.602. The summed E-state index contributed by atoms with van der Waals surface area (Å²) in [5.74, 6) is 0. The zero-order valence-corrected chi connectivity index (χ0v) is 12.2. The number of sulfone groups is 1. The van der Waals surface area contributed by atoms with Crippen molar-refractivity contribution in [2.45, 2.75) is 17.9 Å². The van der Waals surface area contributed by atoms with Crippen molar-refractivity contribution < 1.29 is 8.42 Å². The highest BCUT2D eigenvalue weighted by atomic mass is 32.2. The summed E-state index contributed by atoms with van der Waals surface area (Å²) in [5.41, 5.74) is 8.10. The third-order valence-corrected chi connectivity index (χ3v) is 4.14. The molecule has 1 heterocycles. The van der Waals surface area contributed by atoms with Crippen LogP contribution in [0.2, 0.25) is 0 Å². The van der Waals surface area contributed by atoms with Gasteiger partial charge in [0.15, 0.2) is 9.84 Å². The van der Waals surface area contributed by atoms with Crippen LogP contribution in [0, 0.1) is 0 Å². The molecule has 0 aliphatic carbocycles. The Kier molecular flexibility index (Phi) is 3.94. The van der Waals surface area contributed by atoms with Gasteiger partial charge in [-0.15, -0.1) is 0 Å². The lowest BCUT2D eigenvalue weighted by Gasteiger charge is -2.17. The number of nitrogens with zero attached hydrogens (tertiary/aromatic N) is 1. The van der Waals surface area contributed by atoms with Crippen molar-refractivity contribution in [1.82, 2.24) is 4.98 Å². The molecule has 5 nitrogen and oxygen atoms in total. The second-order valence-electron chi connectivity index (χ2n) is 4.67. The van der Waals surface area contributed by atoms with E-state index in [2.05, 4.69) is 10.3 Å². The molecule has 20 heavy (non-hydrogen) atoms. The Morgan fingerprint density at radius 3 is 2.40 bits per heavy atom. The first kappa shape index (κ1) is 14.3. The lowest BCUT2D eigenvalue weighted by Crippen LogP contribution is -2.09. The molecule has 106 valence electrons. The Labute approximate surface area is 118 Å². The number of nitrogens with two attached hydrogens (primary N) is 1. The predicted molar refractivity (Wildman–Crippen MR) is 80.2 cm³/mol. The van der Waals surface area contributed by atoms with Crippen molar-refractivity contribution in [3.05, 3.63) is 48.3 Å². The van der Waals surface area contributed by atoms with Gasteiger partial charge in [-0.3, -0.25) is 4.98 Å². The highest BCUT2D eigenvalue weighted by Gasteiger charge is 2.11. The Morgan fingerprint density at radius 2 is 1.85 bits per heavy atom. The third kappa shape index (κ3) is 3.27. The molecule has 0 bridgehead atoms. The van der Waals surface area contributed by atoms with E-state index in [0.717, 1.165) is 11.8 Å². The molecule has 0 saturated heterocycles. The number of nitrogen functional groups attached to an aromatic ring is 1.